The van der Waals surface area contributed by atoms with Crippen molar-refractivity contribution in [1.29, 1.82) is 0 Å². The van der Waals surface area contributed by atoms with Gasteiger partial charge in [-0.15, -0.1) is 0 Å². The molecule has 64 valence electrons. The quantitative estimate of drug-likeness (QED) is 0.522. The number of aliphatic hydroxyl groups excluding tert-OH is 1. The Bertz CT molecular complexity index is 149. The zero-order chi connectivity index (χ0) is 8.27. The van der Waals surface area contributed by atoms with E-state index in [9.17, 15) is 9.90 Å². The number of hydrogen-bond donors (Lipinski definition) is 2. The van der Waals surface area contributed by atoms with Crippen LogP contribution in [0.2, 0.25) is 0 Å². The maximum atomic E-state index is 11.0. The monoisotopic (exact) mass is 159 g/mol. The van der Waals surface area contributed by atoms with Gasteiger partial charge in [0.05, 0.1) is 12.7 Å². The molecule has 0 amide bonds. The lowest BCUT2D eigenvalue weighted by atomic mass is 10.2. The summed E-state index contributed by atoms with van der Waals surface area (Å²) in [7, 11) is 0. The van der Waals surface area contributed by atoms with E-state index < -0.39 is 12.1 Å². The summed E-state index contributed by atoms with van der Waals surface area (Å²) in [5.41, 5.74) is 0. The van der Waals surface area contributed by atoms with Crippen LogP contribution >= 0.6 is 0 Å². The van der Waals surface area contributed by atoms with Crippen LogP contribution in [-0.4, -0.2) is 36.4 Å². The van der Waals surface area contributed by atoms with Gasteiger partial charge in [0.15, 0.2) is 0 Å². The van der Waals surface area contributed by atoms with Crippen molar-refractivity contribution in [3.05, 3.63) is 0 Å². The Morgan fingerprint density at radius 3 is 3.00 bits per heavy atom. The third kappa shape index (κ3) is 1.91. The molecule has 1 aliphatic rings. The van der Waals surface area contributed by atoms with Crippen LogP contribution in [0.4, 0.5) is 0 Å². The Morgan fingerprint density at radius 2 is 2.55 bits per heavy atom. The van der Waals surface area contributed by atoms with Crippen LogP contribution < -0.4 is 5.32 Å². The molecule has 0 radical (unpaired) electrons. The summed E-state index contributed by atoms with van der Waals surface area (Å²) in [5, 5.41) is 12.1. The molecule has 0 aromatic heterocycles. The van der Waals surface area contributed by atoms with Crippen molar-refractivity contribution in [3.63, 3.8) is 0 Å². The molecule has 0 bridgehead atoms. The molecule has 1 rings (SSSR count). The Morgan fingerprint density at radius 1 is 1.82 bits per heavy atom. The van der Waals surface area contributed by atoms with Crippen molar-refractivity contribution in [2.75, 3.05) is 13.2 Å². The van der Waals surface area contributed by atoms with Gasteiger partial charge in [-0.3, -0.25) is 4.79 Å². The zero-order valence-corrected chi connectivity index (χ0v) is 6.54. The molecule has 2 N–H and O–H groups in total. The molecule has 1 saturated heterocycles. The molecule has 0 aromatic rings. The summed E-state index contributed by atoms with van der Waals surface area (Å²) in [6, 6.07) is -0.505. The van der Waals surface area contributed by atoms with Gasteiger partial charge in [0, 0.05) is 0 Å². The van der Waals surface area contributed by atoms with Crippen molar-refractivity contribution in [1.82, 2.24) is 5.32 Å². The fraction of sp³-hybridized carbons (Fsp3) is 0.857. The molecular weight excluding hydrogens is 146 g/mol. The van der Waals surface area contributed by atoms with Crippen molar-refractivity contribution in [2.24, 2.45) is 0 Å². The van der Waals surface area contributed by atoms with Crippen LogP contribution in [0, 0.1) is 0 Å². The Hall–Kier alpha value is -0.610. The number of aliphatic hydroxyl groups is 1. The van der Waals surface area contributed by atoms with Gasteiger partial charge in [0.25, 0.3) is 0 Å². The zero-order valence-electron chi connectivity index (χ0n) is 6.54. The molecular formula is C7H13NO3. The maximum absolute atomic E-state index is 11.0. The fourth-order valence-electron chi connectivity index (χ4n) is 1.16. The Kier molecular flexibility index (Phi) is 2.84. The van der Waals surface area contributed by atoms with Gasteiger partial charge in [-0.2, -0.15) is 0 Å². The number of rotatable bonds is 2. The number of carbonyl (C=O) groups is 1. The van der Waals surface area contributed by atoms with Crippen LogP contribution in [0.25, 0.3) is 0 Å². The van der Waals surface area contributed by atoms with E-state index >= 15 is 0 Å². The molecule has 1 heterocycles. The van der Waals surface area contributed by atoms with Crippen molar-refractivity contribution in [2.45, 2.75) is 25.5 Å². The number of esters is 1. The molecule has 11 heavy (non-hydrogen) atoms. The van der Waals surface area contributed by atoms with E-state index in [1.165, 1.54) is 0 Å². The number of carbonyl (C=O) groups excluding carboxylic acids is 1. The first-order valence-corrected chi connectivity index (χ1v) is 3.83. The molecule has 1 fully saturated rings. The van der Waals surface area contributed by atoms with Crippen molar-refractivity contribution in [3.8, 4) is 0 Å². The van der Waals surface area contributed by atoms with E-state index in [2.05, 4.69) is 5.32 Å². The second-order valence-electron chi connectivity index (χ2n) is 2.54. The third-order valence-corrected chi connectivity index (χ3v) is 1.73. The molecule has 0 aliphatic carbocycles. The van der Waals surface area contributed by atoms with Gasteiger partial charge in [-0.25, -0.2) is 0 Å². The molecule has 4 heteroatoms. The highest BCUT2D eigenvalue weighted by Crippen LogP contribution is 2.07. The van der Waals surface area contributed by atoms with Crippen molar-refractivity contribution < 1.29 is 14.6 Å². The SMILES string of the molecule is CCOC(=O)[C@H]1NCC[C@H]1O. The van der Waals surface area contributed by atoms with Gasteiger partial charge >= 0.3 is 5.97 Å². The minimum atomic E-state index is -0.575. The van der Waals surface area contributed by atoms with E-state index in [4.69, 9.17) is 4.74 Å². The molecule has 0 saturated carbocycles. The molecule has 0 spiro atoms. The van der Waals surface area contributed by atoms with Gasteiger partial charge in [0.1, 0.15) is 6.04 Å². The summed E-state index contributed by atoms with van der Waals surface area (Å²) in [6.07, 6.45) is 0.0535. The lowest BCUT2D eigenvalue weighted by molar-refractivity contribution is -0.147. The van der Waals surface area contributed by atoms with E-state index in [0.29, 0.717) is 19.6 Å². The first kappa shape index (κ1) is 8.49. The van der Waals surface area contributed by atoms with Crippen LogP contribution in [0.3, 0.4) is 0 Å². The number of ether oxygens (including phenoxy) is 1. The van der Waals surface area contributed by atoms with Gasteiger partial charge in [0.2, 0.25) is 0 Å². The summed E-state index contributed by atoms with van der Waals surface area (Å²) in [5.74, 6) is -0.350. The summed E-state index contributed by atoms with van der Waals surface area (Å²) < 4.78 is 4.73. The fourth-order valence-corrected chi connectivity index (χ4v) is 1.16. The average Bonchev–Trinajstić information content (AvgIpc) is 2.36. The topological polar surface area (TPSA) is 58.6 Å². The maximum Gasteiger partial charge on any atom is 0.325 e. The summed E-state index contributed by atoms with van der Waals surface area (Å²) >= 11 is 0. The highest BCUT2D eigenvalue weighted by atomic mass is 16.5. The van der Waals surface area contributed by atoms with Gasteiger partial charge < -0.3 is 15.2 Å². The van der Waals surface area contributed by atoms with E-state index in [0.717, 1.165) is 0 Å². The predicted molar refractivity (Wildman–Crippen MR) is 39.0 cm³/mol. The smallest absolute Gasteiger partial charge is 0.325 e. The number of nitrogens with one attached hydrogen (secondary N) is 1. The molecule has 4 nitrogen and oxygen atoms in total. The lowest BCUT2D eigenvalue weighted by Gasteiger charge is -2.12. The standard InChI is InChI=1S/C7H13NO3/c1-2-11-7(10)6-5(9)3-4-8-6/h5-6,8-9H,2-4H2,1H3/t5-,6+/m1/s1. The second kappa shape index (κ2) is 3.69. The van der Waals surface area contributed by atoms with Crippen LogP contribution in [0.15, 0.2) is 0 Å². The normalized spacial score (nSPS) is 30.4. The van der Waals surface area contributed by atoms with E-state index in [1.54, 1.807) is 6.92 Å². The summed E-state index contributed by atoms with van der Waals surface area (Å²) in [4.78, 5) is 11.0. The van der Waals surface area contributed by atoms with E-state index in [-0.39, 0.29) is 5.97 Å². The van der Waals surface area contributed by atoms with Gasteiger partial charge in [-0.05, 0) is 19.9 Å². The van der Waals surface area contributed by atoms with Crippen molar-refractivity contribution >= 4 is 5.97 Å². The summed E-state index contributed by atoms with van der Waals surface area (Å²) in [6.45, 7) is 2.80. The predicted octanol–water partition coefficient (Wildman–Crippen LogP) is -0.728. The Labute approximate surface area is 65.5 Å². The van der Waals surface area contributed by atoms with E-state index in [1.807, 2.05) is 0 Å². The average molecular weight is 159 g/mol. The molecule has 0 aromatic carbocycles. The third-order valence-electron chi connectivity index (χ3n) is 1.73. The number of hydrogen-bond acceptors (Lipinski definition) is 4. The first-order chi connectivity index (χ1) is 5.25. The van der Waals surface area contributed by atoms with Crippen LogP contribution in [-0.2, 0) is 9.53 Å². The second-order valence-corrected chi connectivity index (χ2v) is 2.54. The highest BCUT2D eigenvalue weighted by Gasteiger charge is 2.31. The minimum Gasteiger partial charge on any atom is -0.465 e. The lowest BCUT2D eigenvalue weighted by Crippen LogP contribution is -2.39. The molecule has 2 atom stereocenters. The highest BCUT2D eigenvalue weighted by molar-refractivity contribution is 5.76. The Balaban J connectivity index is 2.39. The molecule has 0 unspecified atom stereocenters. The largest absolute Gasteiger partial charge is 0.465 e. The van der Waals surface area contributed by atoms with Gasteiger partial charge in [-0.1, -0.05) is 0 Å². The molecule has 1 aliphatic heterocycles. The van der Waals surface area contributed by atoms with Crippen LogP contribution in [0.5, 0.6) is 0 Å². The van der Waals surface area contributed by atoms with Crippen LogP contribution in [0.1, 0.15) is 13.3 Å². The first-order valence-electron chi connectivity index (χ1n) is 3.83. The minimum absolute atomic E-state index is 0.350.